The number of fused-ring (bicyclic) bond motifs is 1. The molecule has 4 rings (SSSR count). The van der Waals surface area contributed by atoms with Crippen molar-refractivity contribution in [3.63, 3.8) is 0 Å². The number of methoxy groups -OCH3 is 1. The molecule has 3 aromatic rings. The van der Waals surface area contributed by atoms with Gasteiger partial charge in [0.05, 0.1) is 12.0 Å². The fourth-order valence-electron chi connectivity index (χ4n) is 3.31. The summed E-state index contributed by atoms with van der Waals surface area (Å²) in [5.41, 5.74) is 1.78. The number of piperidine rings is 1. The van der Waals surface area contributed by atoms with Gasteiger partial charge in [-0.1, -0.05) is 24.2 Å². The van der Waals surface area contributed by atoms with Crippen molar-refractivity contribution in [3.8, 4) is 5.75 Å². The molecule has 0 spiro atoms. The second-order valence-corrected chi connectivity index (χ2v) is 9.70. The van der Waals surface area contributed by atoms with E-state index in [1.54, 1.807) is 30.3 Å². The van der Waals surface area contributed by atoms with Crippen LogP contribution in [0.3, 0.4) is 0 Å². The zero-order valence-electron chi connectivity index (χ0n) is 15.9. The van der Waals surface area contributed by atoms with Gasteiger partial charge in [0.1, 0.15) is 5.52 Å². The van der Waals surface area contributed by atoms with Gasteiger partial charge in [-0.25, -0.2) is 17.8 Å². The summed E-state index contributed by atoms with van der Waals surface area (Å²) >= 11 is 1.32. The third-order valence-corrected chi connectivity index (χ3v) is 7.66. The fraction of sp³-hybridized carbons (Fsp3) is 0.350. The first-order valence-corrected chi connectivity index (χ1v) is 11.8. The molecular weight excluding hydrogens is 415 g/mol. The number of hydrogen-bond acceptors (Lipinski definition) is 6. The molecule has 0 amide bonds. The highest BCUT2D eigenvalue weighted by atomic mass is 32.2. The predicted octanol–water partition coefficient (Wildman–Crippen LogP) is 4.44. The highest BCUT2D eigenvalue weighted by molar-refractivity contribution is 7.98. The largest absolute Gasteiger partial charge is 0.494 e. The number of ether oxygens (including phenoxy) is 1. The summed E-state index contributed by atoms with van der Waals surface area (Å²) in [6, 6.07) is 9.52. The van der Waals surface area contributed by atoms with Crippen molar-refractivity contribution in [2.75, 3.05) is 20.2 Å². The highest BCUT2D eigenvalue weighted by Gasteiger charge is 2.26. The lowest BCUT2D eigenvalue weighted by Crippen LogP contribution is -2.35. The van der Waals surface area contributed by atoms with Gasteiger partial charge < -0.3 is 9.15 Å². The molecule has 2 heterocycles. The molecule has 29 heavy (non-hydrogen) atoms. The van der Waals surface area contributed by atoms with Crippen molar-refractivity contribution in [2.45, 2.75) is 35.1 Å². The molecule has 0 N–H and O–H groups in total. The molecule has 1 aromatic heterocycles. The molecule has 0 bridgehead atoms. The second-order valence-electron chi connectivity index (χ2n) is 6.83. The number of rotatable bonds is 6. The van der Waals surface area contributed by atoms with Crippen molar-refractivity contribution < 1.29 is 22.0 Å². The maximum absolute atomic E-state index is 13.8. The first-order valence-electron chi connectivity index (χ1n) is 9.33. The molecule has 1 fully saturated rings. The van der Waals surface area contributed by atoms with Gasteiger partial charge in [-0.05, 0) is 48.7 Å². The predicted molar refractivity (Wildman–Crippen MR) is 109 cm³/mol. The molecule has 1 aliphatic heterocycles. The quantitative estimate of drug-likeness (QED) is 0.532. The van der Waals surface area contributed by atoms with Gasteiger partial charge in [0.2, 0.25) is 10.0 Å². The molecule has 0 unspecified atom stereocenters. The van der Waals surface area contributed by atoms with Crippen LogP contribution < -0.4 is 4.74 Å². The Balaban J connectivity index is 1.52. The lowest BCUT2D eigenvalue weighted by Gasteiger charge is -2.25. The summed E-state index contributed by atoms with van der Waals surface area (Å²) < 4.78 is 51.7. The number of sulfonamides is 1. The molecule has 0 radical (unpaired) electrons. The Labute approximate surface area is 173 Å². The summed E-state index contributed by atoms with van der Waals surface area (Å²) in [6.45, 7) is 1.11. The summed E-state index contributed by atoms with van der Waals surface area (Å²) in [6.07, 6.45) is 2.84. The Kier molecular flexibility index (Phi) is 5.80. The summed E-state index contributed by atoms with van der Waals surface area (Å²) in [7, 11) is -2.10. The van der Waals surface area contributed by atoms with E-state index < -0.39 is 15.8 Å². The van der Waals surface area contributed by atoms with Gasteiger partial charge in [-0.15, -0.1) is 0 Å². The lowest BCUT2D eigenvalue weighted by molar-refractivity contribution is 0.346. The van der Waals surface area contributed by atoms with Crippen molar-refractivity contribution in [1.82, 2.24) is 9.29 Å². The van der Waals surface area contributed by atoms with Crippen LogP contribution in [0.4, 0.5) is 4.39 Å². The zero-order valence-corrected chi connectivity index (χ0v) is 17.6. The fourth-order valence-corrected chi connectivity index (χ4v) is 5.63. The van der Waals surface area contributed by atoms with Crippen molar-refractivity contribution >= 4 is 32.9 Å². The maximum Gasteiger partial charge on any atom is 0.257 e. The standard InChI is InChI=1S/C20H21FN2O4S2/c1-26-18-7-5-14(11-16(18)21)13-28-20-22-17-12-15(6-8-19(17)27-20)29(24,25)23-9-3-2-4-10-23/h5-8,11-12H,2-4,9-10,13H2,1H3. The van der Waals surface area contributed by atoms with Crippen LogP contribution in [-0.4, -0.2) is 37.9 Å². The molecule has 9 heteroatoms. The molecule has 6 nitrogen and oxygen atoms in total. The van der Waals surface area contributed by atoms with Crippen LogP contribution in [0.2, 0.25) is 0 Å². The SMILES string of the molecule is COc1ccc(CSc2nc3cc(S(=O)(=O)N4CCCCC4)ccc3o2)cc1F. The molecule has 154 valence electrons. The minimum absolute atomic E-state index is 0.197. The Hall–Kier alpha value is -2.10. The number of benzene rings is 2. The van der Waals surface area contributed by atoms with E-state index in [0.717, 1.165) is 24.8 Å². The number of thioether (sulfide) groups is 1. The van der Waals surface area contributed by atoms with Crippen LogP contribution in [0.5, 0.6) is 5.75 Å². The van der Waals surface area contributed by atoms with E-state index in [4.69, 9.17) is 9.15 Å². The van der Waals surface area contributed by atoms with Crippen LogP contribution in [0.25, 0.3) is 11.1 Å². The van der Waals surface area contributed by atoms with E-state index >= 15 is 0 Å². The topological polar surface area (TPSA) is 72.6 Å². The molecule has 2 aromatic carbocycles. The van der Waals surface area contributed by atoms with Crippen LogP contribution in [0.15, 0.2) is 50.9 Å². The van der Waals surface area contributed by atoms with E-state index in [0.29, 0.717) is 35.2 Å². The van der Waals surface area contributed by atoms with Crippen LogP contribution in [-0.2, 0) is 15.8 Å². The highest BCUT2D eigenvalue weighted by Crippen LogP contribution is 2.30. The molecule has 0 aliphatic carbocycles. The minimum Gasteiger partial charge on any atom is -0.494 e. The van der Waals surface area contributed by atoms with Crippen molar-refractivity contribution in [2.24, 2.45) is 0 Å². The van der Waals surface area contributed by atoms with Gasteiger partial charge in [0.15, 0.2) is 17.1 Å². The molecule has 0 saturated carbocycles. The van der Waals surface area contributed by atoms with E-state index in [-0.39, 0.29) is 10.6 Å². The van der Waals surface area contributed by atoms with E-state index in [2.05, 4.69) is 4.98 Å². The third kappa shape index (κ3) is 4.26. The van der Waals surface area contributed by atoms with Crippen LogP contribution in [0, 0.1) is 5.82 Å². The molecule has 1 saturated heterocycles. The number of aromatic nitrogens is 1. The first-order chi connectivity index (χ1) is 14.0. The van der Waals surface area contributed by atoms with Crippen LogP contribution in [0.1, 0.15) is 24.8 Å². The van der Waals surface area contributed by atoms with Gasteiger partial charge in [0, 0.05) is 18.8 Å². The molecule has 0 atom stereocenters. The van der Waals surface area contributed by atoms with Gasteiger partial charge in [-0.2, -0.15) is 4.31 Å². The summed E-state index contributed by atoms with van der Waals surface area (Å²) in [4.78, 5) is 4.63. The Morgan fingerprint density at radius 3 is 2.69 bits per heavy atom. The average molecular weight is 437 g/mol. The van der Waals surface area contributed by atoms with E-state index in [1.165, 1.54) is 29.2 Å². The smallest absolute Gasteiger partial charge is 0.257 e. The van der Waals surface area contributed by atoms with Gasteiger partial charge in [0.25, 0.3) is 5.22 Å². The molecular formula is C20H21FN2O4S2. The third-order valence-electron chi connectivity index (χ3n) is 4.87. The molecule has 1 aliphatic rings. The summed E-state index contributed by atoms with van der Waals surface area (Å²) in [5.74, 6) is 0.242. The van der Waals surface area contributed by atoms with E-state index in [1.807, 2.05) is 0 Å². The summed E-state index contributed by atoms with van der Waals surface area (Å²) in [5, 5.41) is 0.406. The number of hydrogen-bond donors (Lipinski definition) is 0. The van der Waals surface area contributed by atoms with Gasteiger partial charge >= 0.3 is 0 Å². The first kappa shape index (κ1) is 20.2. The zero-order chi connectivity index (χ0) is 20.4. The number of nitrogens with zero attached hydrogens (tertiary/aromatic N) is 2. The maximum atomic E-state index is 13.8. The lowest BCUT2D eigenvalue weighted by atomic mass is 10.2. The van der Waals surface area contributed by atoms with Crippen molar-refractivity contribution in [1.29, 1.82) is 0 Å². The van der Waals surface area contributed by atoms with E-state index in [9.17, 15) is 12.8 Å². The Morgan fingerprint density at radius 2 is 1.97 bits per heavy atom. The number of oxazole rings is 1. The Bertz CT molecular complexity index is 1120. The Morgan fingerprint density at radius 1 is 1.17 bits per heavy atom. The minimum atomic E-state index is -3.52. The van der Waals surface area contributed by atoms with Gasteiger partial charge in [-0.3, -0.25) is 0 Å². The average Bonchev–Trinajstić information content (AvgIpc) is 3.15. The number of halogens is 1. The van der Waals surface area contributed by atoms with Crippen molar-refractivity contribution in [3.05, 3.63) is 47.8 Å². The monoisotopic (exact) mass is 436 g/mol. The normalized spacial score (nSPS) is 15.7. The van der Waals surface area contributed by atoms with Crippen LogP contribution >= 0.6 is 11.8 Å². The second kappa shape index (κ2) is 8.33.